The second kappa shape index (κ2) is 16.7. The standard InChI is InChI=1S/C38H39N5O6S/c1-48-31-21-25(22-32(49-2)34(31)44)23-33-37(47)43(38(50-33)41-28-12-7-4-8-13-28)30(14-9-19-39)36(46)42-29(35(40)45)20-24-15-17-27(18-16-24)26-10-5-3-6-11-26/h3-8,10-13,15-18,21-23,29-30,44H,9,14,19-20,39H2,1-2H3,(H2,40,45)(H,42,46)/t29-,30-/m0/s1. The topological polar surface area (TPSA) is 170 Å². The zero-order valence-corrected chi connectivity index (χ0v) is 28.6. The SMILES string of the molecule is COc1cc(C=C2SC(=Nc3ccccc3)N([C@@H](CCCN)C(=O)N[C@@H](Cc3ccc(-c4ccccc4)cc3)C(N)=O)C2=O)cc(OC)c1O. The van der Waals surface area contributed by atoms with Gasteiger partial charge >= 0.3 is 0 Å². The number of phenols is 1. The van der Waals surface area contributed by atoms with Crippen molar-refractivity contribution in [1.82, 2.24) is 10.2 Å². The van der Waals surface area contributed by atoms with Crippen LogP contribution in [0.2, 0.25) is 0 Å². The van der Waals surface area contributed by atoms with E-state index in [-0.39, 0.29) is 46.7 Å². The maximum atomic E-state index is 14.2. The summed E-state index contributed by atoms with van der Waals surface area (Å²) >= 11 is 1.09. The molecule has 4 aromatic carbocycles. The summed E-state index contributed by atoms with van der Waals surface area (Å²) < 4.78 is 10.6. The molecule has 5 rings (SSSR count). The number of primary amides is 1. The molecule has 1 saturated heterocycles. The highest BCUT2D eigenvalue weighted by Gasteiger charge is 2.42. The molecule has 3 amide bonds. The van der Waals surface area contributed by atoms with Crippen LogP contribution in [0, 0.1) is 0 Å². The number of para-hydroxylation sites is 1. The van der Waals surface area contributed by atoms with Gasteiger partial charge in [-0.1, -0.05) is 72.8 Å². The van der Waals surface area contributed by atoms with E-state index in [1.807, 2.05) is 72.8 Å². The molecule has 0 aliphatic carbocycles. The third-order valence-electron chi connectivity index (χ3n) is 8.07. The lowest BCUT2D eigenvalue weighted by Crippen LogP contribution is -2.54. The minimum absolute atomic E-state index is 0.156. The van der Waals surface area contributed by atoms with Crippen molar-refractivity contribution < 1.29 is 29.0 Å². The number of carbonyl (C=O) groups excluding carboxylic acids is 3. The smallest absolute Gasteiger partial charge is 0.267 e. The second-order valence-electron chi connectivity index (χ2n) is 11.5. The zero-order chi connectivity index (χ0) is 35.6. The Labute approximate surface area is 295 Å². The molecular weight excluding hydrogens is 655 g/mol. The molecule has 12 heteroatoms. The van der Waals surface area contributed by atoms with Crippen molar-refractivity contribution in [2.24, 2.45) is 16.5 Å². The van der Waals surface area contributed by atoms with Crippen LogP contribution in [0.25, 0.3) is 17.2 Å². The van der Waals surface area contributed by atoms with Crippen molar-refractivity contribution in [3.63, 3.8) is 0 Å². The molecule has 1 aliphatic rings. The number of nitrogens with one attached hydrogen (secondary N) is 1. The van der Waals surface area contributed by atoms with Crippen molar-refractivity contribution in [2.75, 3.05) is 20.8 Å². The normalized spacial score (nSPS) is 15.6. The van der Waals surface area contributed by atoms with Crippen LogP contribution in [0.3, 0.4) is 0 Å². The third-order valence-corrected chi connectivity index (χ3v) is 9.06. The van der Waals surface area contributed by atoms with Gasteiger partial charge in [0, 0.05) is 6.42 Å². The maximum absolute atomic E-state index is 14.2. The number of ether oxygens (including phenoxy) is 2. The van der Waals surface area contributed by atoms with Gasteiger partial charge in [0.2, 0.25) is 17.6 Å². The largest absolute Gasteiger partial charge is 0.502 e. The summed E-state index contributed by atoms with van der Waals surface area (Å²) in [5.74, 6) is -1.60. The lowest BCUT2D eigenvalue weighted by molar-refractivity contribution is -0.134. The summed E-state index contributed by atoms with van der Waals surface area (Å²) in [5.41, 5.74) is 15.6. The highest BCUT2D eigenvalue weighted by Crippen LogP contribution is 2.40. The quantitative estimate of drug-likeness (QED) is 0.134. The molecule has 0 unspecified atom stereocenters. The molecule has 11 nitrogen and oxygen atoms in total. The summed E-state index contributed by atoms with van der Waals surface area (Å²) in [6, 6.07) is 27.7. The average Bonchev–Trinajstić information content (AvgIpc) is 3.42. The molecule has 2 atom stereocenters. The van der Waals surface area contributed by atoms with E-state index in [1.54, 1.807) is 30.3 Å². The van der Waals surface area contributed by atoms with Crippen LogP contribution < -0.4 is 26.3 Å². The van der Waals surface area contributed by atoms with Gasteiger partial charge in [0.15, 0.2) is 16.7 Å². The summed E-state index contributed by atoms with van der Waals surface area (Å²) in [4.78, 5) is 47.3. The van der Waals surface area contributed by atoms with Crippen LogP contribution in [0.5, 0.6) is 17.2 Å². The van der Waals surface area contributed by atoms with Crippen molar-refractivity contribution in [2.45, 2.75) is 31.3 Å². The number of hydrogen-bond donors (Lipinski definition) is 4. The summed E-state index contributed by atoms with van der Waals surface area (Å²) in [7, 11) is 2.82. The van der Waals surface area contributed by atoms with Gasteiger partial charge in [0.25, 0.3) is 5.91 Å². The first-order valence-electron chi connectivity index (χ1n) is 16.0. The number of amides is 3. The molecule has 0 spiro atoms. The Morgan fingerprint density at radius 1 is 0.940 bits per heavy atom. The van der Waals surface area contributed by atoms with E-state index in [0.29, 0.717) is 17.7 Å². The zero-order valence-electron chi connectivity index (χ0n) is 27.7. The summed E-state index contributed by atoms with van der Waals surface area (Å²) in [6.45, 7) is 0.271. The maximum Gasteiger partial charge on any atom is 0.267 e. The Balaban J connectivity index is 1.46. The van der Waals surface area contributed by atoms with E-state index in [2.05, 4.69) is 5.32 Å². The van der Waals surface area contributed by atoms with E-state index in [1.165, 1.54) is 19.1 Å². The van der Waals surface area contributed by atoms with Gasteiger partial charge < -0.3 is 31.4 Å². The molecule has 258 valence electrons. The minimum atomic E-state index is -1.06. The average molecular weight is 694 g/mol. The van der Waals surface area contributed by atoms with Gasteiger partial charge in [0.1, 0.15) is 12.1 Å². The Morgan fingerprint density at radius 2 is 1.54 bits per heavy atom. The fraction of sp³-hybridized carbons (Fsp3) is 0.211. The highest BCUT2D eigenvalue weighted by molar-refractivity contribution is 8.18. The lowest BCUT2D eigenvalue weighted by atomic mass is 10.00. The van der Waals surface area contributed by atoms with E-state index in [4.69, 9.17) is 25.9 Å². The van der Waals surface area contributed by atoms with Gasteiger partial charge in [-0.05, 0) is 83.7 Å². The number of methoxy groups -OCH3 is 2. The number of carbonyl (C=O) groups is 3. The van der Waals surface area contributed by atoms with Crippen molar-refractivity contribution in [1.29, 1.82) is 0 Å². The number of phenolic OH excluding ortho intramolecular Hbond substituents is 1. The Bertz CT molecular complexity index is 1860. The number of thioether (sulfide) groups is 1. The second-order valence-corrected chi connectivity index (χ2v) is 12.5. The number of hydrogen-bond acceptors (Lipinski definition) is 9. The van der Waals surface area contributed by atoms with Crippen LogP contribution in [0.15, 0.2) is 107 Å². The van der Waals surface area contributed by atoms with Gasteiger partial charge in [0.05, 0.1) is 24.8 Å². The molecule has 6 N–H and O–H groups in total. The van der Waals surface area contributed by atoms with Gasteiger partial charge in [-0.3, -0.25) is 19.3 Å². The molecule has 4 aromatic rings. The van der Waals surface area contributed by atoms with Crippen molar-refractivity contribution in [3.8, 4) is 28.4 Å². The van der Waals surface area contributed by atoms with Crippen LogP contribution in [-0.2, 0) is 20.8 Å². The molecule has 1 aliphatic heterocycles. The summed E-state index contributed by atoms with van der Waals surface area (Å²) in [6.07, 6.45) is 2.39. The predicted octanol–water partition coefficient (Wildman–Crippen LogP) is 5.00. The fourth-order valence-corrected chi connectivity index (χ4v) is 6.52. The molecule has 50 heavy (non-hydrogen) atoms. The molecule has 1 fully saturated rings. The van der Waals surface area contributed by atoms with Gasteiger partial charge in [-0.25, -0.2) is 4.99 Å². The van der Waals surface area contributed by atoms with E-state index >= 15 is 0 Å². The Hall–Kier alpha value is -5.59. The summed E-state index contributed by atoms with van der Waals surface area (Å²) in [5, 5.41) is 13.5. The van der Waals surface area contributed by atoms with Gasteiger partial charge in [-0.15, -0.1) is 0 Å². The number of aliphatic imine (C=N–C) groups is 1. The lowest BCUT2D eigenvalue weighted by Gasteiger charge is -2.28. The molecular formula is C38H39N5O6S. The van der Waals surface area contributed by atoms with E-state index in [0.717, 1.165) is 28.5 Å². The monoisotopic (exact) mass is 693 g/mol. The molecule has 1 heterocycles. The Morgan fingerprint density at radius 3 is 2.12 bits per heavy atom. The molecule has 0 radical (unpaired) electrons. The number of nitrogens with zero attached hydrogens (tertiary/aromatic N) is 2. The van der Waals surface area contributed by atoms with E-state index < -0.39 is 29.8 Å². The van der Waals surface area contributed by atoms with Crippen molar-refractivity contribution in [3.05, 3.63) is 113 Å². The molecule has 0 aromatic heterocycles. The number of aromatic hydroxyl groups is 1. The minimum Gasteiger partial charge on any atom is -0.502 e. The number of benzene rings is 4. The molecule has 0 saturated carbocycles. The van der Waals surface area contributed by atoms with Crippen LogP contribution in [-0.4, -0.2) is 65.7 Å². The number of rotatable bonds is 14. The fourth-order valence-electron chi connectivity index (χ4n) is 5.48. The third kappa shape index (κ3) is 8.52. The highest BCUT2D eigenvalue weighted by atomic mass is 32.2. The van der Waals surface area contributed by atoms with Crippen LogP contribution >= 0.6 is 11.8 Å². The first-order chi connectivity index (χ1) is 24.2. The predicted molar refractivity (Wildman–Crippen MR) is 196 cm³/mol. The van der Waals surface area contributed by atoms with E-state index in [9.17, 15) is 19.5 Å². The number of amidine groups is 1. The first kappa shape index (κ1) is 35.7. The van der Waals surface area contributed by atoms with Crippen LogP contribution in [0.4, 0.5) is 5.69 Å². The number of nitrogens with two attached hydrogens (primary N) is 2. The van der Waals surface area contributed by atoms with Crippen LogP contribution in [0.1, 0.15) is 24.0 Å². The van der Waals surface area contributed by atoms with Gasteiger partial charge in [-0.2, -0.15) is 0 Å². The molecule has 0 bridgehead atoms. The van der Waals surface area contributed by atoms with Crippen molar-refractivity contribution >= 4 is 46.4 Å². The Kier molecular flexibility index (Phi) is 11.9. The first-order valence-corrected chi connectivity index (χ1v) is 16.8.